The molecule has 0 spiro atoms. The smallest absolute Gasteiger partial charge is 0.192 e. The topological polar surface area (TPSA) is 69.6 Å². The van der Waals surface area contributed by atoms with Crippen LogP contribution in [0.4, 0.5) is 0 Å². The molecule has 0 saturated heterocycles. The molecule has 0 aliphatic heterocycles. The van der Waals surface area contributed by atoms with Gasteiger partial charge in [0.15, 0.2) is 18.1 Å². The van der Waals surface area contributed by atoms with E-state index in [1.54, 1.807) is 17.1 Å². The summed E-state index contributed by atoms with van der Waals surface area (Å²) in [5.41, 5.74) is 5.11. The van der Waals surface area contributed by atoms with E-state index in [1.807, 2.05) is 24.3 Å². The summed E-state index contributed by atoms with van der Waals surface area (Å²) in [6.07, 6.45) is 9.67. The van der Waals surface area contributed by atoms with Crippen molar-refractivity contribution in [3.63, 3.8) is 0 Å². The average Bonchev–Trinajstić information content (AvgIpc) is 3.31. The molecule has 0 atom stereocenters. The fourth-order valence-electron chi connectivity index (χ4n) is 4.55. The number of nitrogens with zero attached hydrogens (tertiary/aromatic N) is 6. The van der Waals surface area contributed by atoms with Crippen LogP contribution >= 0.6 is 11.6 Å². The molecule has 3 aromatic heterocycles. The standard InChI is InChI=1S/C23H25ClN6O/c1-15-16(2)30(18-9-4-3-5-10-18)22-21(15)23-27-20(28-29(23)14-25-22)13-31-26-12-17-8-6-7-11-19(17)24/h6-8,11-12,14,18H,3-5,9-10,13H2,1-2H3. The van der Waals surface area contributed by atoms with Gasteiger partial charge in [-0.05, 0) is 38.3 Å². The molecule has 8 heteroatoms. The molecule has 1 aliphatic carbocycles. The first-order valence-electron chi connectivity index (χ1n) is 10.7. The molecular weight excluding hydrogens is 412 g/mol. The molecule has 0 N–H and O–H groups in total. The van der Waals surface area contributed by atoms with Crippen LogP contribution in [0.5, 0.6) is 0 Å². The minimum atomic E-state index is 0.172. The normalized spacial score (nSPS) is 15.5. The fraction of sp³-hybridized carbons (Fsp3) is 0.391. The molecule has 160 valence electrons. The molecule has 7 nitrogen and oxygen atoms in total. The van der Waals surface area contributed by atoms with E-state index in [9.17, 15) is 0 Å². The SMILES string of the molecule is Cc1c(C)n(C2CCCCC2)c2ncn3nc(CON=Cc4ccccc4Cl)nc3c12. The van der Waals surface area contributed by atoms with E-state index in [0.717, 1.165) is 22.2 Å². The summed E-state index contributed by atoms with van der Waals surface area (Å²) in [4.78, 5) is 14.9. The largest absolute Gasteiger partial charge is 0.387 e. The first kappa shape index (κ1) is 20.0. The molecule has 5 rings (SSSR count). The minimum Gasteiger partial charge on any atom is -0.387 e. The van der Waals surface area contributed by atoms with Crippen LogP contribution in [-0.4, -0.2) is 30.4 Å². The lowest BCUT2D eigenvalue weighted by molar-refractivity contribution is 0.126. The van der Waals surface area contributed by atoms with Crippen molar-refractivity contribution in [3.05, 3.63) is 58.3 Å². The number of hydrogen-bond acceptors (Lipinski definition) is 5. The third-order valence-electron chi connectivity index (χ3n) is 6.22. The molecule has 1 saturated carbocycles. The van der Waals surface area contributed by atoms with E-state index in [4.69, 9.17) is 26.4 Å². The first-order valence-corrected chi connectivity index (χ1v) is 11.1. The van der Waals surface area contributed by atoms with Gasteiger partial charge < -0.3 is 9.40 Å². The van der Waals surface area contributed by atoms with Gasteiger partial charge in [0.25, 0.3) is 0 Å². The Hall–Kier alpha value is -2.93. The third kappa shape index (κ3) is 3.67. The van der Waals surface area contributed by atoms with Crippen LogP contribution < -0.4 is 0 Å². The van der Waals surface area contributed by atoms with Crippen LogP contribution in [0.25, 0.3) is 16.7 Å². The fourth-order valence-corrected chi connectivity index (χ4v) is 4.73. The molecule has 0 radical (unpaired) electrons. The van der Waals surface area contributed by atoms with Crippen molar-refractivity contribution in [1.82, 2.24) is 24.1 Å². The van der Waals surface area contributed by atoms with Gasteiger partial charge in [0, 0.05) is 22.3 Å². The summed E-state index contributed by atoms with van der Waals surface area (Å²) < 4.78 is 4.15. The maximum Gasteiger partial charge on any atom is 0.192 e. The first-order chi connectivity index (χ1) is 15.1. The molecule has 3 heterocycles. The van der Waals surface area contributed by atoms with E-state index >= 15 is 0 Å². The highest BCUT2D eigenvalue weighted by Crippen LogP contribution is 2.35. The predicted molar refractivity (Wildman–Crippen MR) is 122 cm³/mol. The molecular formula is C23H25ClN6O. The Morgan fingerprint density at radius 3 is 2.77 bits per heavy atom. The van der Waals surface area contributed by atoms with Gasteiger partial charge in [-0.3, -0.25) is 0 Å². The van der Waals surface area contributed by atoms with Gasteiger partial charge in [-0.2, -0.15) is 0 Å². The van der Waals surface area contributed by atoms with E-state index in [0.29, 0.717) is 16.9 Å². The maximum atomic E-state index is 6.13. The lowest BCUT2D eigenvalue weighted by atomic mass is 9.95. The number of oxime groups is 1. The molecule has 0 amide bonds. The van der Waals surface area contributed by atoms with Crippen molar-refractivity contribution in [2.75, 3.05) is 0 Å². The Balaban J connectivity index is 1.43. The van der Waals surface area contributed by atoms with Gasteiger partial charge >= 0.3 is 0 Å². The number of aryl methyl sites for hydroxylation is 1. The van der Waals surface area contributed by atoms with Gasteiger partial charge in [-0.25, -0.2) is 14.5 Å². The summed E-state index contributed by atoms with van der Waals surface area (Å²) in [7, 11) is 0. The van der Waals surface area contributed by atoms with Gasteiger partial charge in [0.05, 0.1) is 11.6 Å². The van der Waals surface area contributed by atoms with Crippen LogP contribution in [0.3, 0.4) is 0 Å². The quantitative estimate of drug-likeness (QED) is 0.310. The number of aromatic nitrogens is 5. The summed E-state index contributed by atoms with van der Waals surface area (Å²) >= 11 is 6.13. The van der Waals surface area contributed by atoms with Crippen LogP contribution in [-0.2, 0) is 11.4 Å². The van der Waals surface area contributed by atoms with Gasteiger partial charge in [-0.15, -0.1) is 5.10 Å². The predicted octanol–water partition coefficient (Wildman–Crippen LogP) is 5.41. The summed E-state index contributed by atoms with van der Waals surface area (Å²) in [5.74, 6) is 0.563. The summed E-state index contributed by atoms with van der Waals surface area (Å²) in [6, 6.07) is 7.99. The highest BCUT2D eigenvalue weighted by Gasteiger charge is 2.24. The highest BCUT2D eigenvalue weighted by molar-refractivity contribution is 6.33. The van der Waals surface area contributed by atoms with E-state index < -0.39 is 0 Å². The van der Waals surface area contributed by atoms with Crippen LogP contribution in [0.2, 0.25) is 5.02 Å². The Morgan fingerprint density at radius 2 is 1.97 bits per heavy atom. The number of hydrogen-bond donors (Lipinski definition) is 0. The second-order valence-corrected chi connectivity index (χ2v) is 8.55. The zero-order valence-corrected chi connectivity index (χ0v) is 18.5. The average molecular weight is 437 g/mol. The monoisotopic (exact) mass is 436 g/mol. The Bertz CT molecular complexity index is 1270. The van der Waals surface area contributed by atoms with Gasteiger partial charge in [-0.1, -0.05) is 54.2 Å². The van der Waals surface area contributed by atoms with E-state index in [2.05, 4.69) is 28.7 Å². The molecule has 0 unspecified atom stereocenters. The summed E-state index contributed by atoms with van der Waals surface area (Å²) in [6.45, 7) is 4.51. The Morgan fingerprint density at radius 1 is 1.16 bits per heavy atom. The molecule has 31 heavy (non-hydrogen) atoms. The zero-order valence-electron chi connectivity index (χ0n) is 17.8. The number of benzene rings is 1. The molecule has 1 aliphatic rings. The maximum absolute atomic E-state index is 6.13. The van der Waals surface area contributed by atoms with Crippen molar-refractivity contribution in [2.45, 2.75) is 58.6 Å². The second kappa shape index (κ2) is 8.30. The van der Waals surface area contributed by atoms with E-state index in [-0.39, 0.29) is 6.61 Å². The van der Waals surface area contributed by atoms with Crippen molar-refractivity contribution >= 4 is 34.5 Å². The van der Waals surface area contributed by atoms with Gasteiger partial charge in [0.1, 0.15) is 12.0 Å². The van der Waals surface area contributed by atoms with Crippen molar-refractivity contribution in [3.8, 4) is 0 Å². The minimum absolute atomic E-state index is 0.172. The van der Waals surface area contributed by atoms with Crippen molar-refractivity contribution in [2.24, 2.45) is 5.16 Å². The van der Waals surface area contributed by atoms with Crippen LogP contribution in [0.15, 0.2) is 35.7 Å². The lowest BCUT2D eigenvalue weighted by Gasteiger charge is -2.25. The Labute approximate surface area is 185 Å². The second-order valence-electron chi connectivity index (χ2n) is 8.14. The Kier molecular flexibility index (Phi) is 5.36. The van der Waals surface area contributed by atoms with E-state index in [1.165, 1.54) is 43.4 Å². The molecule has 4 aromatic rings. The number of halogens is 1. The highest BCUT2D eigenvalue weighted by atomic mass is 35.5. The van der Waals surface area contributed by atoms with Crippen LogP contribution in [0, 0.1) is 13.8 Å². The molecule has 1 aromatic carbocycles. The van der Waals surface area contributed by atoms with Gasteiger partial charge in [0.2, 0.25) is 0 Å². The summed E-state index contributed by atoms with van der Waals surface area (Å²) in [5, 5.41) is 10.2. The van der Waals surface area contributed by atoms with Crippen molar-refractivity contribution < 1.29 is 4.84 Å². The van der Waals surface area contributed by atoms with Crippen LogP contribution in [0.1, 0.15) is 60.8 Å². The third-order valence-corrected chi connectivity index (χ3v) is 6.57. The lowest BCUT2D eigenvalue weighted by Crippen LogP contribution is -2.14. The molecule has 0 bridgehead atoms. The zero-order chi connectivity index (χ0) is 21.4. The van der Waals surface area contributed by atoms with Crippen molar-refractivity contribution in [1.29, 1.82) is 0 Å². The number of fused-ring (bicyclic) bond motifs is 3. The molecule has 1 fully saturated rings. The number of rotatable bonds is 5.